The molecule has 82 valence electrons. The Labute approximate surface area is 89.7 Å². The normalized spacial score (nSPS) is 12.1. The topological polar surface area (TPSA) is 49.4 Å². The van der Waals surface area contributed by atoms with E-state index in [-0.39, 0.29) is 13.0 Å². The molecule has 3 nitrogen and oxygen atoms in total. The van der Waals surface area contributed by atoms with E-state index < -0.39 is 12.1 Å². The van der Waals surface area contributed by atoms with E-state index >= 15 is 0 Å². The van der Waals surface area contributed by atoms with Crippen LogP contribution in [-0.2, 0) is 16.1 Å². The Kier molecular flexibility index (Phi) is 4.84. The van der Waals surface area contributed by atoms with Gasteiger partial charge >= 0.3 is 5.97 Å². The van der Waals surface area contributed by atoms with Crippen molar-refractivity contribution < 1.29 is 14.6 Å². The van der Waals surface area contributed by atoms with Crippen LogP contribution in [0.1, 0.15) is 25.3 Å². The van der Waals surface area contributed by atoms with Crippen molar-refractivity contribution >= 4 is 5.97 Å². The highest BCUT2D eigenvalue weighted by molar-refractivity contribution is 5.69. The van der Waals surface area contributed by atoms with Gasteiger partial charge in [0, 0.05) is 6.42 Å². The molecule has 0 spiro atoms. The summed E-state index contributed by atoms with van der Waals surface area (Å²) in [6.45, 7) is 2.01. The maximum atomic E-state index is 11.2. The predicted octanol–water partition coefficient (Wildman–Crippen LogP) is 1.26. The molecule has 1 atom stereocenters. The monoisotopic (exact) mass is 207 g/mol. The molecule has 0 saturated heterocycles. The predicted molar refractivity (Wildman–Crippen MR) is 54.9 cm³/mol. The van der Waals surface area contributed by atoms with Gasteiger partial charge in [-0.25, -0.2) is 0 Å². The van der Waals surface area contributed by atoms with E-state index in [2.05, 4.69) is 0 Å². The molecular formula is C12H15O3-. The Morgan fingerprint density at radius 1 is 1.40 bits per heavy atom. The summed E-state index contributed by atoms with van der Waals surface area (Å²) < 4.78 is 4.96. The second kappa shape index (κ2) is 6.19. The van der Waals surface area contributed by atoms with Crippen LogP contribution in [0.25, 0.3) is 0 Å². The minimum absolute atomic E-state index is 0.0384. The summed E-state index contributed by atoms with van der Waals surface area (Å²) in [7, 11) is 0. The fourth-order valence-electron chi connectivity index (χ4n) is 1.13. The maximum Gasteiger partial charge on any atom is 0.305 e. The quantitative estimate of drug-likeness (QED) is 0.683. The van der Waals surface area contributed by atoms with Crippen LogP contribution in [0.4, 0.5) is 0 Å². The number of carbonyl (C=O) groups excluding carboxylic acids is 1. The molecule has 1 rings (SSSR count). The van der Waals surface area contributed by atoms with Gasteiger partial charge in [-0.1, -0.05) is 43.7 Å². The largest absolute Gasteiger partial charge is 0.852 e. The van der Waals surface area contributed by atoms with Gasteiger partial charge in [-0.2, -0.15) is 0 Å². The van der Waals surface area contributed by atoms with Gasteiger partial charge < -0.3 is 9.84 Å². The van der Waals surface area contributed by atoms with Gasteiger partial charge in [-0.05, 0) is 5.56 Å². The highest BCUT2D eigenvalue weighted by Crippen LogP contribution is 2.03. The molecule has 3 heteroatoms. The molecule has 0 aliphatic heterocycles. The summed E-state index contributed by atoms with van der Waals surface area (Å²) in [5.74, 6) is -0.416. The van der Waals surface area contributed by atoms with Gasteiger partial charge in [0.05, 0.1) is 0 Å². The Bertz CT molecular complexity index is 295. The molecule has 0 aliphatic carbocycles. The fourth-order valence-corrected chi connectivity index (χ4v) is 1.13. The molecule has 1 aromatic carbocycles. The average molecular weight is 207 g/mol. The van der Waals surface area contributed by atoms with Crippen LogP contribution in [0.3, 0.4) is 0 Å². The fraction of sp³-hybridized carbons (Fsp3) is 0.417. The first-order valence-electron chi connectivity index (χ1n) is 5.07. The Morgan fingerprint density at radius 3 is 2.67 bits per heavy atom. The lowest BCUT2D eigenvalue weighted by Gasteiger charge is -2.18. The molecule has 0 fully saturated rings. The van der Waals surface area contributed by atoms with E-state index in [0.29, 0.717) is 6.42 Å². The summed E-state index contributed by atoms with van der Waals surface area (Å²) in [5, 5.41) is 11.0. The van der Waals surface area contributed by atoms with Crippen molar-refractivity contribution in [2.45, 2.75) is 32.5 Å². The average Bonchev–Trinajstić information content (AvgIpc) is 2.27. The minimum atomic E-state index is -0.840. The zero-order valence-electron chi connectivity index (χ0n) is 8.81. The second-order valence-electron chi connectivity index (χ2n) is 3.38. The van der Waals surface area contributed by atoms with Gasteiger partial charge in [-0.15, -0.1) is 6.10 Å². The number of rotatable bonds is 5. The van der Waals surface area contributed by atoms with Crippen LogP contribution in [-0.4, -0.2) is 12.1 Å². The van der Waals surface area contributed by atoms with Gasteiger partial charge in [-0.3, -0.25) is 4.79 Å². The lowest BCUT2D eigenvalue weighted by atomic mass is 10.2. The van der Waals surface area contributed by atoms with Crippen LogP contribution < -0.4 is 5.11 Å². The summed E-state index contributed by atoms with van der Waals surface area (Å²) in [6.07, 6.45) is -0.419. The van der Waals surface area contributed by atoms with Crippen molar-refractivity contribution in [1.82, 2.24) is 0 Å². The highest BCUT2D eigenvalue weighted by Gasteiger charge is 2.04. The molecule has 1 aromatic rings. The van der Waals surface area contributed by atoms with E-state index in [1.165, 1.54) is 0 Å². The first kappa shape index (κ1) is 11.7. The molecule has 15 heavy (non-hydrogen) atoms. The van der Waals surface area contributed by atoms with Crippen LogP contribution in [0.5, 0.6) is 0 Å². The zero-order valence-corrected chi connectivity index (χ0v) is 8.81. The van der Waals surface area contributed by atoms with Crippen LogP contribution in [0.15, 0.2) is 30.3 Å². The number of ether oxygens (including phenoxy) is 1. The standard InChI is InChI=1S/C12H15O3/c1-2-11(13)8-12(14)15-9-10-6-4-3-5-7-10/h3-7,11H,2,8-9H2,1H3/q-1/t11-/m1/s1. The van der Waals surface area contributed by atoms with E-state index in [1.807, 2.05) is 30.3 Å². The first-order chi connectivity index (χ1) is 7.22. The van der Waals surface area contributed by atoms with E-state index in [9.17, 15) is 9.90 Å². The lowest BCUT2D eigenvalue weighted by molar-refractivity contribution is -0.419. The van der Waals surface area contributed by atoms with E-state index in [4.69, 9.17) is 4.74 Å². The summed E-state index contributed by atoms with van der Waals surface area (Å²) in [6, 6.07) is 9.41. The van der Waals surface area contributed by atoms with Crippen molar-refractivity contribution in [3.8, 4) is 0 Å². The number of carbonyl (C=O) groups is 1. The van der Waals surface area contributed by atoms with Crippen molar-refractivity contribution in [2.75, 3.05) is 0 Å². The number of hydrogen-bond donors (Lipinski definition) is 0. The molecule has 0 N–H and O–H groups in total. The van der Waals surface area contributed by atoms with Gasteiger partial charge in [0.2, 0.25) is 0 Å². The molecule has 0 saturated carbocycles. The van der Waals surface area contributed by atoms with Gasteiger partial charge in [0.1, 0.15) is 6.61 Å². The molecule has 0 aliphatic rings. The molecule has 0 heterocycles. The third-order valence-electron chi connectivity index (χ3n) is 2.09. The first-order valence-corrected chi connectivity index (χ1v) is 5.07. The third kappa shape index (κ3) is 4.61. The lowest BCUT2D eigenvalue weighted by Crippen LogP contribution is -2.27. The minimum Gasteiger partial charge on any atom is -0.852 e. The molecule has 0 bridgehead atoms. The Morgan fingerprint density at radius 2 is 2.07 bits per heavy atom. The van der Waals surface area contributed by atoms with Crippen molar-refractivity contribution in [3.63, 3.8) is 0 Å². The number of benzene rings is 1. The molecular weight excluding hydrogens is 192 g/mol. The maximum absolute atomic E-state index is 11.2. The molecule has 0 unspecified atom stereocenters. The summed E-state index contributed by atoms with van der Waals surface area (Å²) >= 11 is 0. The number of hydrogen-bond acceptors (Lipinski definition) is 3. The Hall–Kier alpha value is -1.35. The van der Waals surface area contributed by atoms with Crippen LogP contribution in [0.2, 0.25) is 0 Å². The highest BCUT2D eigenvalue weighted by atomic mass is 16.5. The molecule has 0 aromatic heterocycles. The number of esters is 1. The van der Waals surface area contributed by atoms with Crippen LogP contribution in [0, 0.1) is 0 Å². The Balaban J connectivity index is 2.29. The van der Waals surface area contributed by atoms with E-state index in [1.54, 1.807) is 6.92 Å². The van der Waals surface area contributed by atoms with Gasteiger partial charge in [0.15, 0.2) is 0 Å². The van der Waals surface area contributed by atoms with Crippen molar-refractivity contribution in [2.24, 2.45) is 0 Å². The molecule has 0 radical (unpaired) electrons. The zero-order chi connectivity index (χ0) is 11.1. The van der Waals surface area contributed by atoms with Crippen molar-refractivity contribution in [3.05, 3.63) is 35.9 Å². The second-order valence-corrected chi connectivity index (χ2v) is 3.38. The SMILES string of the molecule is CC[C@@H]([O-])CC(=O)OCc1ccccc1. The summed E-state index contributed by atoms with van der Waals surface area (Å²) in [5.41, 5.74) is 0.935. The smallest absolute Gasteiger partial charge is 0.305 e. The van der Waals surface area contributed by atoms with Crippen molar-refractivity contribution in [1.29, 1.82) is 0 Å². The molecule has 0 amide bonds. The summed E-state index contributed by atoms with van der Waals surface area (Å²) in [4.78, 5) is 11.2. The van der Waals surface area contributed by atoms with Gasteiger partial charge in [0.25, 0.3) is 0 Å². The third-order valence-corrected chi connectivity index (χ3v) is 2.09. The van der Waals surface area contributed by atoms with Crippen LogP contribution >= 0.6 is 0 Å². The van der Waals surface area contributed by atoms with E-state index in [0.717, 1.165) is 5.56 Å².